The number of rotatable bonds is 6. The predicted molar refractivity (Wildman–Crippen MR) is 233 cm³/mol. The highest BCUT2D eigenvalue weighted by molar-refractivity contribution is 7.26. The smallest absolute Gasteiger partial charge is 0.164 e. The molecule has 0 aliphatic heterocycles. The number of thiophene rings is 1. The first-order chi connectivity index (χ1) is 34.4. The van der Waals surface area contributed by atoms with Gasteiger partial charge in [-0.15, -0.1) is 11.3 Å². The first-order valence-electron chi connectivity index (χ1n) is 25.4. The molecule has 0 spiro atoms. The normalized spacial score (nSPS) is 15.6. The highest BCUT2D eigenvalue weighted by Gasteiger charge is 2.20. The van der Waals surface area contributed by atoms with E-state index in [1.165, 1.54) is 11.3 Å². The SMILES string of the molecule is [2H]c1c([2H])c([2H])c(-c2cc(-c3nc(-c4ccc(-c5ccccc5)cc4)nc(-c4c([2H])c([2H])c5c(oc6c([2H])c([2H])c(-c7c([2H])c([2H])c([2H])c([2H])c7[2H])c([2H])c65)c4[2H])n3)c3c(c2)sc2ccccc23)c([2H])c1[2H]. The minimum absolute atomic E-state index is 0.00365. The van der Waals surface area contributed by atoms with Crippen molar-refractivity contribution < 1.29 is 26.3 Å². The van der Waals surface area contributed by atoms with Gasteiger partial charge in [0.25, 0.3) is 0 Å². The minimum Gasteiger partial charge on any atom is -0.456 e. The summed E-state index contributed by atoms with van der Waals surface area (Å²) in [4.78, 5) is 14.8. The van der Waals surface area contributed by atoms with Crippen molar-refractivity contribution in [1.29, 1.82) is 0 Å². The van der Waals surface area contributed by atoms with E-state index in [1.54, 1.807) is 24.3 Å². The fraction of sp³-hybridized carbons (Fsp3) is 0. The second-order valence-electron chi connectivity index (χ2n) is 12.8. The molecular formula is C51H31N3OS. The molecule has 11 rings (SSSR count). The number of furan rings is 1. The van der Waals surface area contributed by atoms with E-state index in [2.05, 4.69) is 0 Å². The molecule has 0 saturated carbocycles. The Morgan fingerprint density at radius 2 is 1.05 bits per heavy atom. The van der Waals surface area contributed by atoms with E-state index in [1.807, 2.05) is 66.7 Å². The van der Waals surface area contributed by atoms with Crippen LogP contribution < -0.4 is 0 Å². The van der Waals surface area contributed by atoms with Gasteiger partial charge >= 0.3 is 0 Å². The zero-order valence-corrected chi connectivity index (χ0v) is 29.6. The molecule has 0 amide bonds. The Kier molecular flexibility index (Phi) is 4.72. The van der Waals surface area contributed by atoms with Crippen LogP contribution in [0.25, 0.3) is 110 Å². The zero-order valence-electron chi connectivity index (χ0n) is 44.8. The summed E-state index contributed by atoms with van der Waals surface area (Å²) in [5.74, 6) is -0.175. The highest BCUT2D eigenvalue weighted by atomic mass is 32.1. The minimum atomic E-state index is -0.724. The largest absolute Gasteiger partial charge is 0.456 e. The summed E-state index contributed by atoms with van der Waals surface area (Å²) in [6.07, 6.45) is 0. The second-order valence-corrected chi connectivity index (χ2v) is 13.8. The van der Waals surface area contributed by atoms with Crippen molar-refractivity contribution in [3.8, 4) is 67.5 Å². The third-order valence-electron chi connectivity index (χ3n) is 9.38. The van der Waals surface area contributed by atoms with Gasteiger partial charge in [-0.1, -0.05) is 145 Å². The van der Waals surface area contributed by atoms with Crippen LogP contribution in [0.4, 0.5) is 0 Å². The number of benzene rings is 8. The maximum absolute atomic E-state index is 9.66. The van der Waals surface area contributed by atoms with Crippen LogP contribution in [0.15, 0.2) is 192 Å². The van der Waals surface area contributed by atoms with Crippen LogP contribution >= 0.6 is 11.3 Å². The summed E-state index contributed by atoms with van der Waals surface area (Å²) in [6, 6.07) is 18.2. The van der Waals surface area contributed by atoms with Gasteiger partial charge in [-0.3, -0.25) is 0 Å². The van der Waals surface area contributed by atoms with Gasteiger partial charge in [0.1, 0.15) is 11.2 Å². The molecule has 0 unspecified atom stereocenters. The van der Waals surface area contributed by atoms with Crippen LogP contribution in [0.1, 0.15) is 21.9 Å². The third-order valence-corrected chi connectivity index (χ3v) is 10.5. The lowest BCUT2D eigenvalue weighted by Crippen LogP contribution is -2.00. The van der Waals surface area contributed by atoms with Gasteiger partial charge in [-0.25, -0.2) is 15.0 Å². The van der Waals surface area contributed by atoms with E-state index < -0.39 is 113 Å². The van der Waals surface area contributed by atoms with Crippen LogP contribution in [0.3, 0.4) is 0 Å². The predicted octanol–water partition coefficient (Wildman–Crippen LogP) is 14.1. The van der Waals surface area contributed by atoms with Gasteiger partial charge in [0.15, 0.2) is 17.5 Å². The van der Waals surface area contributed by atoms with Crippen molar-refractivity contribution in [1.82, 2.24) is 15.0 Å². The van der Waals surface area contributed by atoms with Gasteiger partial charge in [-0.05, 0) is 75.7 Å². The Labute approximate surface area is 349 Å². The molecular weight excluding hydrogens is 703 g/mol. The van der Waals surface area contributed by atoms with E-state index in [0.29, 0.717) is 21.2 Å². The highest BCUT2D eigenvalue weighted by Crippen LogP contribution is 2.43. The average Bonchev–Trinajstić information content (AvgIpc) is 3.99. The molecule has 0 fully saturated rings. The van der Waals surface area contributed by atoms with E-state index in [9.17, 15) is 5.48 Å². The number of nitrogens with zero attached hydrogens (tertiary/aromatic N) is 3. The Balaban J connectivity index is 1.21. The topological polar surface area (TPSA) is 51.8 Å². The molecule has 56 heavy (non-hydrogen) atoms. The Morgan fingerprint density at radius 1 is 0.411 bits per heavy atom. The van der Waals surface area contributed by atoms with Crippen molar-refractivity contribution in [3.05, 3.63) is 188 Å². The van der Waals surface area contributed by atoms with Crippen LogP contribution in [-0.2, 0) is 0 Å². The number of hydrogen-bond acceptors (Lipinski definition) is 5. The molecule has 0 saturated heterocycles. The lowest BCUT2D eigenvalue weighted by atomic mass is 9.98. The zero-order chi connectivity index (χ0) is 50.9. The van der Waals surface area contributed by atoms with Crippen LogP contribution in [0.5, 0.6) is 0 Å². The molecule has 8 aromatic carbocycles. The maximum atomic E-state index is 9.66. The van der Waals surface area contributed by atoms with Crippen LogP contribution in [0.2, 0.25) is 0 Å². The van der Waals surface area contributed by atoms with E-state index >= 15 is 0 Å². The van der Waals surface area contributed by atoms with Gasteiger partial charge in [-0.2, -0.15) is 0 Å². The van der Waals surface area contributed by atoms with E-state index in [0.717, 1.165) is 21.2 Å². The maximum Gasteiger partial charge on any atom is 0.164 e. The van der Waals surface area contributed by atoms with E-state index in [4.69, 9.17) is 35.8 Å². The summed E-state index contributed by atoms with van der Waals surface area (Å²) in [6.45, 7) is 0. The van der Waals surface area contributed by atoms with Crippen molar-refractivity contribution >= 4 is 53.4 Å². The van der Waals surface area contributed by atoms with Crippen molar-refractivity contribution in [3.63, 3.8) is 0 Å². The summed E-state index contributed by atoms with van der Waals surface area (Å²) in [5.41, 5.74) is 0.811. The fourth-order valence-corrected chi connectivity index (χ4v) is 7.92. The molecule has 3 heterocycles. The summed E-state index contributed by atoms with van der Waals surface area (Å²) in [7, 11) is 0. The Morgan fingerprint density at radius 3 is 1.84 bits per heavy atom. The van der Waals surface area contributed by atoms with Crippen molar-refractivity contribution in [2.75, 3.05) is 0 Å². The molecule has 0 bridgehead atoms. The molecule has 5 heteroatoms. The quantitative estimate of drug-likeness (QED) is 0.170. The molecule has 4 nitrogen and oxygen atoms in total. The van der Waals surface area contributed by atoms with Crippen LogP contribution in [0, 0.1) is 0 Å². The molecule has 0 aliphatic carbocycles. The second kappa shape index (κ2) is 13.3. The number of fused-ring (bicyclic) bond motifs is 6. The lowest BCUT2D eigenvalue weighted by molar-refractivity contribution is 0.669. The number of aromatic nitrogens is 3. The monoisotopic (exact) mass is 749 g/mol. The fourth-order valence-electron chi connectivity index (χ4n) is 6.75. The first-order valence-corrected chi connectivity index (χ1v) is 18.2. The first kappa shape index (κ1) is 19.9. The summed E-state index contributed by atoms with van der Waals surface area (Å²) in [5, 5.41) is 0.912. The van der Waals surface area contributed by atoms with Crippen molar-refractivity contribution in [2.45, 2.75) is 0 Å². The molecule has 0 N–H and O–H groups in total. The standard InChI is InChI=1S/C51H31N3OS/c1-4-12-32(13-5-1)35-20-22-36(23-21-35)49-52-50(38-24-26-40-42-28-37(33-14-6-2-7-15-33)25-27-44(42)55-45(40)30-38)54-51(53-49)43-29-39(34-16-8-3-9-17-34)31-47-48(43)41-18-10-11-19-46(41)56-47/h1-31H/i2D,3D,6D,7D,8D,9D,14D,15D,16D,17D,24D,25D,26D,27D,28D,30D. The molecule has 0 aliphatic rings. The molecule has 3 aromatic heterocycles. The molecule has 262 valence electrons. The average molecular weight is 750 g/mol. The van der Waals surface area contributed by atoms with Gasteiger partial charge < -0.3 is 4.42 Å². The van der Waals surface area contributed by atoms with E-state index in [-0.39, 0.29) is 50.5 Å². The lowest BCUT2D eigenvalue weighted by Gasteiger charge is -2.12. The van der Waals surface area contributed by atoms with Crippen molar-refractivity contribution in [2.24, 2.45) is 0 Å². The van der Waals surface area contributed by atoms with Gasteiger partial charge in [0.05, 0.1) is 21.9 Å². The molecule has 11 aromatic rings. The van der Waals surface area contributed by atoms with Gasteiger partial charge in [0.2, 0.25) is 0 Å². The summed E-state index contributed by atoms with van der Waals surface area (Å²) < 4.78 is 148. The Bertz CT molecular complexity index is 4120. The summed E-state index contributed by atoms with van der Waals surface area (Å²) >= 11 is 1.41. The Hall–Kier alpha value is -7.21. The molecule has 0 radical (unpaired) electrons. The third kappa shape index (κ3) is 5.65. The molecule has 0 atom stereocenters. The van der Waals surface area contributed by atoms with Crippen LogP contribution in [-0.4, -0.2) is 15.0 Å². The van der Waals surface area contributed by atoms with Gasteiger partial charge in [0, 0.05) is 47.6 Å². The number of hydrogen-bond donors (Lipinski definition) is 0.